The van der Waals surface area contributed by atoms with Crippen LogP contribution in [0.25, 0.3) is 0 Å². The summed E-state index contributed by atoms with van der Waals surface area (Å²) >= 11 is 0. The normalized spacial score (nSPS) is 47.4. The number of alkyl halides is 1. The van der Waals surface area contributed by atoms with Gasteiger partial charge in [0, 0.05) is 0 Å². The van der Waals surface area contributed by atoms with E-state index in [1.807, 2.05) is 0 Å². The van der Waals surface area contributed by atoms with Gasteiger partial charge in [0.15, 0.2) is 0 Å². The summed E-state index contributed by atoms with van der Waals surface area (Å²) in [6.07, 6.45) is 5.95. The van der Waals surface area contributed by atoms with Crippen LogP contribution in [0.15, 0.2) is 0 Å². The Hall–Kier alpha value is -1.31. The third-order valence-corrected chi connectivity index (χ3v) is 7.99. The predicted octanol–water partition coefficient (Wildman–Crippen LogP) is 0.735. The molecule has 6 fully saturated rings. The first-order valence-corrected chi connectivity index (χ1v) is 10.3. The number of nitrogens with zero attached hydrogens (tertiary/aromatic N) is 1. The van der Waals surface area contributed by atoms with Crippen molar-refractivity contribution in [1.29, 1.82) is 0 Å². The molecule has 5 saturated carbocycles. The van der Waals surface area contributed by atoms with E-state index < -0.39 is 29.1 Å². The molecule has 1 saturated heterocycles. The van der Waals surface area contributed by atoms with Crippen LogP contribution in [0.2, 0.25) is 0 Å². The van der Waals surface area contributed by atoms with E-state index in [4.69, 9.17) is 5.73 Å². The molecule has 8 heteroatoms. The number of nitrogens with one attached hydrogen (secondary N) is 1. The molecule has 4 bridgehead atoms. The number of primary amides is 1. The Morgan fingerprint density at radius 1 is 1.19 bits per heavy atom. The summed E-state index contributed by atoms with van der Waals surface area (Å²) in [4.78, 5) is 27.2. The minimum absolute atomic E-state index is 0.0654. The van der Waals surface area contributed by atoms with Crippen molar-refractivity contribution in [2.24, 2.45) is 28.9 Å². The van der Waals surface area contributed by atoms with Gasteiger partial charge in [0.2, 0.25) is 0 Å². The van der Waals surface area contributed by atoms with E-state index in [9.17, 15) is 14.3 Å². The van der Waals surface area contributed by atoms with Gasteiger partial charge in [0.05, 0.1) is 0 Å². The maximum atomic E-state index is 15.4. The molecule has 6 unspecified atom stereocenters. The van der Waals surface area contributed by atoms with Crippen LogP contribution in [0, 0.1) is 23.2 Å². The van der Waals surface area contributed by atoms with Crippen molar-refractivity contribution in [2.45, 2.75) is 75.2 Å². The number of hydrogen-bond donors (Lipinski definition) is 2. The number of likely N-dealkylation sites (tertiary alicyclic amines) is 1. The summed E-state index contributed by atoms with van der Waals surface area (Å²) in [5.74, 6) is 0.406. The summed E-state index contributed by atoms with van der Waals surface area (Å²) in [5.41, 5.74) is 3.94. The topological polar surface area (TPSA) is 92.5 Å². The molecular weight excluding hydrogens is 348 g/mol. The van der Waals surface area contributed by atoms with E-state index in [0.29, 0.717) is 43.4 Å². The van der Waals surface area contributed by atoms with Crippen molar-refractivity contribution in [3.63, 3.8) is 0 Å². The fourth-order valence-corrected chi connectivity index (χ4v) is 7.47. The summed E-state index contributed by atoms with van der Waals surface area (Å²) in [7, 11) is 0.751. The number of fused-ring (bicyclic) bond motifs is 1. The SMILES string of the molecule is NC(=O)C1CC2CC2N1C(=O)C(NCB=O)C12CC3CC(CC(F)(C3)C1)C2. The van der Waals surface area contributed by atoms with E-state index in [1.165, 1.54) is 0 Å². The molecule has 6 atom stereocenters. The Morgan fingerprint density at radius 3 is 2.48 bits per heavy atom. The van der Waals surface area contributed by atoms with Gasteiger partial charge in [0.25, 0.3) is 0 Å². The van der Waals surface area contributed by atoms with Gasteiger partial charge < -0.3 is 0 Å². The Balaban J connectivity index is 1.47. The van der Waals surface area contributed by atoms with Gasteiger partial charge in [0.1, 0.15) is 0 Å². The number of piperidine rings is 1. The average molecular weight is 375 g/mol. The number of nitrogens with two attached hydrogens (primary N) is 1. The number of amides is 2. The molecule has 3 N–H and O–H groups in total. The molecule has 1 aliphatic heterocycles. The molecule has 146 valence electrons. The quantitative estimate of drug-likeness (QED) is 0.670. The van der Waals surface area contributed by atoms with E-state index in [2.05, 4.69) is 5.32 Å². The number of carbonyl (C=O) groups is 2. The first-order valence-electron chi connectivity index (χ1n) is 10.3. The van der Waals surface area contributed by atoms with Crippen molar-refractivity contribution >= 4 is 19.0 Å². The van der Waals surface area contributed by atoms with E-state index >= 15 is 4.39 Å². The molecule has 6 rings (SSSR count). The molecule has 6 nitrogen and oxygen atoms in total. The van der Waals surface area contributed by atoms with Crippen LogP contribution in [0.5, 0.6) is 0 Å². The van der Waals surface area contributed by atoms with Gasteiger partial charge in [-0.05, 0) is 0 Å². The van der Waals surface area contributed by atoms with Gasteiger partial charge in [-0.2, -0.15) is 0 Å². The molecule has 0 aromatic rings. The predicted molar refractivity (Wildman–Crippen MR) is 95.5 cm³/mol. The molecule has 0 aromatic heterocycles. The molecule has 27 heavy (non-hydrogen) atoms. The number of hydrogen-bond acceptors (Lipinski definition) is 4. The Morgan fingerprint density at radius 2 is 1.89 bits per heavy atom. The van der Waals surface area contributed by atoms with Crippen molar-refractivity contribution in [3.8, 4) is 0 Å². The number of halogens is 1. The molecule has 2 amide bonds. The summed E-state index contributed by atoms with van der Waals surface area (Å²) in [6, 6.07) is -1.08. The van der Waals surface area contributed by atoms with Crippen LogP contribution in [0.4, 0.5) is 4.39 Å². The minimum atomic E-state index is -1.18. The standard InChI is InChI=1S/C19H27BFN3O3/c21-19-6-10-1-11(7-19)5-18(4-10,8-19)15(23-9-20-27)17(26)24-13-2-12(13)3-14(24)16(22)25/h10-15,23H,1-9H2,(H2,22,25). The van der Waals surface area contributed by atoms with Crippen LogP contribution in [-0.4, -0.2) is 54.1 Å². The Labute approximate surface area is 159 Å². The molecule has 0 radical (unpaired) electrons. The second kappa shape index (κ2) is 5.85. The zero-order chi connectivity index (χ0) is 19.0. The second-order valence-corrected chi connectivity index (χ2v) is 9.94. The third-order valence-electron chi connectivity index (χ3n) is 7.99. The van der Waals surface area contributed by atoms with Crippen molar-refractivity contribution < 1.29 is 18.7 Å². The Kier molecular flexibility index (Phi) is 3.85. The van der Waals surface area contributed by atoms with Crippen molar-refractivity contribution in [3.05, 3.63) is 0 Å². The van der Waals surface area contributed by atoms with Crippen LogP contribution >= 0.6 is 0 Å². The fraction of sp³-hybridized carbons (Fsp3) is 0.895. The zero-order valence-corrected chi connectivity index (χ0v) is 15.5. The van der Waals surface area contributed by atoms with E-state index in [-0.39, 0.29) is 18.4 Å². The van der Waals surface area contributed by atoms with Crippen molar-refractivity contribution in [1.82, 2.24) is 10.2 Å². The van der Waals surface area contributed by atoms with Crippen LogP contribution in [-0.2, 0) is 14.3 Å². The molecule has 5 aliphatic carbocycles. The fourth-order valence-electron chi connectivity index (χ4n) is 7.47. The van der Waals surface area contributed by atoms with Gasteiger partial charge in [-0.25, -0.2) is 0 Å². The second-order valence-electron chi connectivity index (χ2n) is 9.94. The first kappa shape index (κ1) is 17.8. The molecule has 0 spiro atoms. The first-order chi connectivity index (χ1) is 12.8. The summed E-state index contributed by atoms with van der Waals surface area (Å²) < 4.78 is 26.5. The molecular formula is C19H27BFN3O3. The van der Waals surface area contributed by atoms with Crippen LogP contribution in [0.1, 0.15) is 51.4 Å². The average Bonchev–Trinajstić information content (AvgIpc) is 3.22. The third kappa shape index (κ3) is 2.70. The summed E-state index contributed by atoms with van der Waals surface area (Å²) in [6.45, 7) is 0. The van der Waals surface area contributed by atoms with Gasteiger partial charge >= 0.3 is 158 Å². The van der Waals surface area contributed by atoms with Crippen LogP contribution < -0.4 is 11.1 Å². The maximum absolute atomic E-state index is 15.4. The molecule has 6 aliphatic rings. The zero-order valence-electron chi connectivity index (χ0n) is 15.5. The molecule has 0 aromatic carbocycles. The van der Waals surface area contributed by atoms with E-state index in [0.717, 1.165) is 32.8 Å². The van der Waals surface area contributed by atoms with Gasteiger partial charge in [-0.15, -0.1) is 0 Å². The van der Waals surface area contributed by atoms with Gasteiger partial charge in [-0.1, -0.05) is 0 Å². The Bertz CT molecular complexity index is 690. The van der Waals surface area contributed by atoms with E-state index in [1.54, 1.807) is 4.90 Å². The number of rotatable bonds is 6. The monoisotopic (exact) mass is 375 g/mol. The van der Waals surface area contributed by atoms with Crippen molar-refractivity contribution in [2.75, 3.05) is 6.44 Å². The number of carbonyl (C=O) groups excluding carboxylic acids is 2. The van der Waals surface area contributed by atoms with Crippen LogP contribution in [0.3, 0.4) is 0 Å². The summed E-state index contributed by atoms with van der Waals surface area (Å²) in [5, 5.41) is 3.14. The van der Waals surface area contributed by atoms with Gasteiger partial charge in [-0.3, -0.25) is 0 Å². The molecule has 1 heterocycles.